The molecule has 1 N–H and O–H groups in total. The number of aliphatic carboxylic acids is 1. The lowest BCUT2D eigenvalue weighted by Gasteiger charge is -2.37. The quantitative estimate of drug-likeness (QED) is 0.741. The van der Waals surface area contributed by atoms with Gasteiger partial charge in [0.05, 0.1) is 12.0 Å². The highest BCUT2D eigenvalue weighted by atomic mass is 16.5. The molecule has 5 heteroatoms. The van der Waals surface area contributed by atoms with Crippen molar-refractivity contribution in [3.63, 3.8) is 0 Å². The van der Waals surface area contributed by atoms with E-state index in [2.05, 4.69) is 30.9 Å². The molecule has 0 aliphatic carbocycles. The van der Waals surface area contributed by atoms with E-state index in [-0.39, 0.29) is 12.0 Å². The zero-order valence-electron chi connectivity index (χ0n) is 17.1. The van der Waals surface area contributed by atoms with E-state index in [1.807, 2.05) is 38.1 Å². The highest BCUT2D eigenvalue weighted by Crippen LogP contribution is 2.27. The van der Waals surface area contributed by atoms with Crippen molar-refractivity contribution in [3.8, 4) is 11.5 Å². The van der Waals surface area contributed by atoms with Crippen LogP contribution in [0.5, 0.6) is 11.5 Å². The second-order valence-electron chi connectivity index (χ2n) is 7.86. The van der Waals surface area contributed by atoms with Gasteiger partial charge in [0, 0.05) is 19.6 Å². The topological polar surface area (TPSA) is 59.0 Å². The van der Waals surface area contributed by atoms with Gasteiger partial charge < -0.3 is 14.6 Å². The number of carboxylic acid groups (broad SMARTS) is 1. The van der Waals surface area contributed by atoms with Gasteiger partial charge in [-0.2, -0.15) is 0 Å². The Morgan fingerprint density at radius 2 is 1.71 bits per heavy atom. The monoisotopic (exact) mass is 383 g/mol. The maximum absolute atomic E-state index is 11.0. The van der Waals surface area contributed by atoms with Gasteiger partial charge >= 0.3 is 5.97 Å². The first kappa shape index (κ1) is 20.2. The first-order valence-electron chi connectivity index (χ1n) is 9.75. The van der Waals surface area contributed by atoms with Crippen molar-refractivity contribution >= 4 is 5.97 Å². The third-order valence-corrected chi connectivity index (χ3v) is 5.06. The Kier molecular flexibility index (Phi) is 6.25. The summed E-state index contributed by atoms with van der Waals surface area (Å²) in [4.78, 5) is 13.1. The molecule has 28 heavy (non-hydrogen) atoms. The molecular formula is C23H29NO4. The number of carboxylic acids is 1. The number of likely N-dealkylation sites (tertiary alicyclic amines) is 1. The van der Waals surface area contributed by atoms with Crippen LogP contribution < -0.4 is 9.47 Å². The van der Waals surface area contributed by atoms with Gasteiger partial charge in [0.15, 0.2) is 0 Å². The van der Waals surface area contributed by atoms with Crippen LogP contribution in [-0.4, -0.2) is 35.2 Å². The highest BCUT2D eigenvalue weighted by molar-refractivity contribution is 5.71. The summed E-state index contributed by atoms with van der Waals surface area (Å²) in [5.41, 5.74) is 4.70. The van der Waals surface area contributed by atoms with Crippen LogP contribution in [0.4, 0.5) is 0 Å². The zero-order valence-corrected chi connectivity index (χ0v) is 17.1. The van der Waals surface area contributed by atoms with E-state index in [9.17, 15) is 4.79 Å². The molecule has 0 unspecified atom stereocenters. The number of hydrogen-bond acceptors (Lipinski definition) is 4. The van der Waals surface area contributed by atoms with Crippen LogP contribution in [-0.2, 0) is 17.9 Å². The second kappa shape index (κ2) is 8.65. The summed E-state index contributed by atoms with van der Waals surface area (Å²) in [7, 11) is 0. The Hall–Kier alpha value is -2.53. The van der Waals surface area contributed by atoms with Crippen LogP contribution in [0.1, 0.15) is 36.1 Å². The molecule has 0 aromatic heterocycles. The molecule has 0 atom stereocenters. The van der Waals surface area contributed by atoms with Gasteiger partial charge in [-0.15, -0.1) is 0 Å². The molecule has 0 saturated carbocycles. The first-order chi connectivity index (χ1) is 13.3. The number of hydrogen-bond donors (Lipinski definition) is 1. The summed E-state index contributed by atoms with van der Waals surface area (Å²) in [6.07, 6.45) is 0.165. The van der Waals surface area contributed by atoms with Crippen LogP contribution in [0.2, 0.25) is 0 Å². The van der Waals surface area contributed by atoms with E-state index in [0.29, 0.717) is 19.7 Å². The van der Waals surface area contributed by atoms with Crippen LogP contribution in [0.15, 0.2) is 36.4 Å². The minimum Gasteiger partial charge on any atom is -0.491 e. The lowest BCUT2D eigenvalue weighted by molar-refractivity contribution is -0.147. The Balaban J connectivity index is 1.57. The van der Waals surface area contributed by atoms with E-state index >= 15 is 0 Å². The smallest absolute Gasteiger partial charge is 0.309 e. The van der Waals surface area contributed by atoms with Gasteiger partial charge in [-0.25, -0.2) is 0 Å². The van der Waals surface area contributed by atoms with Crippen molar-refractivity contribution in [1.82, 2.24) is 4.90 Å². The molecule has 3 rings (SSSR count). The minimum atomic E-state index is -0.697. The summed E-state index contributed by atoms with van der Waals surface area (Å²) in [5.74, 6) is 0.803. The summed E-state index contributed by atoms with van der Waals surface area (Å²) in [6, 6.07) is 12.1. The molecule has 2 aromatic carbocycles. The molecule has 0 spiro atoms. The third kappa shape index (κ3) is 5.04. The van der Waals surface area contributed by atoms with Gasteiger partial charge in [-0.1, -0.05) is 12.1 Å². The largest absolute Gasteiger partial charge is 0.491 e. The lowest BCUT2D eigenvalue weighted by Crippen LogP contribution is -2.49. The predicted molar refractivity (Wildman–Crippen MR) is 109 cm³/mol. The Morgan fingerprint density at radius 3 is 2.25 bits per heavy atom. The average Bonchev–Trinajstić information content (AvgIpc) is 2.58. The van der Waals surface area contributed by atoms with Crippen molar-refractivity contribution in [2.24, 2.45) is 5.92 Å². The van der Waals surface area contributed by atoms with Gasteiger partial charge in [0.2, 0.25) is 0 Å². The van der Waals surface area contributed by atoms with Gasteiger partial charge in [0.25, 0.3) is 0 Å². The molecule has 1 fully saturated rings. The van der Waals surface area contributed by atoms with Gasteiger partial charge in [0.1, 0.15) is 18.1 Å². The fraction of sp³-hybridized carbons (Fsp3) is 0.435. The molecular weight excluding hydrogens is 354 g/mol. The van der Waals surface area contributed by atoms with Crippen LogP contribution in [0, 0.1) is 19.8 Å². The van der Waals surface area contributed by atoms with Crippen LogP contribution in [0.3, 0.4) is 0 Å². The fourth-order valence-corrected chi connectivity index (χ4v) is 3.47. The lowest BCUT2D eigenvalue weighted by atomic mass is 9.96. The van der Waals surface area contributed by atoms with E-state index < -0.39 is 5.97 Å². The van der Waals surface area contributed by atoms with Crippen molar-refractivity contribution in [3.05, 3.63) is 58.7 Å². The number of nitrogens with zero attached hydrogens (tertiary/aromatic N) is 1. The van der Waals surface area contributed by atoms with Crippen LogP contribution in [0.25, 0.3) is 0 Å². The summed E-state index contributed by atoms with van der Waals surface area (Å²) < 4.78 is 11.7. The third-order valence-electron chi connectivity index (χ3n) is 5.06. The molecule has 0 bridgehead atoms. The zero-order chi connectivity index (χ0) is 20.3. The Bertz CT molecular complexity index is 800. The molecule has 0 amide bonds. The number of benzene rings is 2. The Labute approximate surface area is 166 Å². The molecule has 0 radical (unpaired) electrons. The maximum Gasteiger partial charge on any atom is 0.309 e. The normalized spacial score (nSPS) is 14.8. The number of carbonyl (C=O) groups is 1. The number of aryl methyl sites for hydroxylation is 2. The van der Waals surface area contributed by atoms with E-state index in [1.165, 1.54) is 16.7 Å². The van der Waals surface area contributed by atoms with Gasteiger partial charge in [-0.3, -0.25) is 9.69 Å². The van der Waals surface area contributed by atoms with E-state index in [4.69, 9.17) is 14.6 Å². The van der Waals surface area contributed by atoms with Crippen molar-refractivity contribution in [2.45, 2.75) is 47.0 Å². The van der Waals surface area contributed by atoms with Crippen molar-refractivity contribution in [1.29, 1.82) is 0 Å². The highest BCUT2D eigenvalue weighted by Gasteiger charge is 2.32. The summed E-state index contributed by atoms with van der Waals surface area (Å²) in [6.45, 7) is 10.7. The average molecular weight is 383 g/mol. The van der Waals surface area contributed by atoms with Gasteiger partial charge in [-0.05, 0) is 74.2 Å². The summed E-state index contributed by atoms with van der Waals surface area (Å²) >= 11 is 0. The SMILES string of the molecule is Cc1cc(OCc2ccc(OC(C)C)cc2)cc(C)c1CN1CC(C(=O)O)C1. The van der Waals surface area contributed by atoms with Crippen molar-refractivity contribution in [2.75, 3.05) is 13.1 Å². The molecule has 1 aliphatic heterocycles. The van der Waals surface area contributed by atoms with Crippen LogP contribution >= 0.6 is 0 Å². The molecule has 1 aliphatic rings. The second-order valence-corrected chi connectivity index (χ2v) is 7.86. The Morgan fingerprint density at radius 1 is 1.11 bits per heavy atom. The van der Waals surface area contributed by atoms with Crippen molar-refractivity contribution < 1.29 is 19.4 Å². The summed E-state index contributed by atoms with van der Waals surface area (Å²) in [5, 5.41) is 9.02. The maximum atomic E-state index is 11.0. The minimum absolute atomic E-state index is 0.165. The number of ether oxygens (including phenoxy) is 2. The molecule has 1 heterocycles. The van der Waals surface area contributed by atoms with E-state index in [0.717, 1.165) is 23.6 Å². The molecule has 150 valence electrons. The fourth-order valence-electron chi connectivity index (χ4n) is 3.47. The predicted octanol–water partition coefficient (Wildman–Crippen LogP) is 4.19. The van der Waals surface area contributed by atoms with E-state index in [1.54, 1.807) is 0 Å². The molecule has 1 saturated heterocycles. The molecule has 2 aromatic rings. The molecule has 5 nitrogen and oxygen atoms in total. The first-order valence-corrected chi connectivity index (χ1v) is 9.75. The number of rotatable bonds is 8. The standard InChI is InChI=1S/C23H29NO4/c1-15(2)28-20-7-5-18(6-8-20)14-27-21-9-16(3)22(17(4)10-21)13-24-11-19(12-24)23(25)26/h5-10,15,19H,11-14H2,1-4H3,(H,25,26).